The lowest BCUT2D eigenvalue weighted by atomic mass is 10.0. The molecule has 1 saturated heterocycles. The Bertz CT molecular complexity index is 1150. The molecule has 3 unspecified atom stereocenters. The van der Waals surface area contributed by atoms with Crippen LogP contribution in [0.15, 0.2) is 12.2 Å². The Morgan fingerprint density at radius 1 is 0.586 bits per heavy atom. The molecule has 1 aliphatic rings. The monoisotopic (exact) mass is 871 g/mol. The molecule has 1 aliphatic heterocycles. The topological polar surface area (TPSA) is 208 Å². The number of carbonyl (C=O) groups is 2. The van der Waals surface area contributed by atoms with E-state index in [0.29, 0.717) is 25.0 Å². The Morgan fingerprint density at radius 2 is 1.07 bits per heavy atom. The number of aliphatic hydroxyl groups is 1. The molecular weight excluding hydrogens is 790 g/mol. The fourth-order valence-electron chi connectivity index (χ4n) is 6.53. The van der Waals surface area contributed by atoms with Gasteiger partial charge in [0.05, 0.1) is 32.0 Å². The van der Waals surface area contributed by atoms with E-state index >= 15 is 0 Å². The molecule has 0 aromatic carbocycles. The zero-order valence-electron chi connectivity index (χ0n) is 35.9. The molecule has 14 nitrogen and oxygen atoms in total. The van der Waals surface area contributed by atoms with E-state index in [4.69, 9.17) is 28.5 Å². The number of aliphatic hydroxyl groups excluding tert-OH is 1. The average Bonchev–Trinajstić information content (AvgIpc) is 3.94. The zero-order valence-corrected chi connectivity index (χ0v) is 37.6. The number of epoxide rings is 1. The first-order chi connectivity index (χ1) is 27.8. The Morgan fingerprint density at radius 3 is 1.64 bits per heavy atom. The highest BCUT2D eigenvalue weighted by Crippen LogP contribution is 2.44. The van der Waals surface area contributed by atoms with E-state index in [1.807, 2.05) is 0 Å². The molecule has 0 aromatic rings. The van der Waals surface area contributed by atoms with Crippen LogP contribution < -0.4 is 0 Å². The molecule has 342 valence electrons. The lowest BCUT2D eigenvalue weighted by Gasteiger charge is -2.20. The Balaban J connectivity index is 2.33. The van der Waals surface area contributed by atoms with Crippen molar-refractivity contribution in [2.24, 2.45) is 0 Å². The number of ether oxygens (including phenoxy) is 3. The number of carbonyl (C=O) groups excluding carboxylic acids is 2. The summed E-state index contributed by atoms with van der Waals surface area (Å²) in [5.41, 5.74) is 0. The smallest absolute Gasteiger partial charge is 0.462 e. The van der Waals surface area contributed by atoms with Gasteiger partial charge >= 0.3 is 27.6 Å². The van der Waals surface area contributed by atoms with Gasteiger partial charge in [-0.2, -0.15) is 0 Å². The van der Waals surface area contributed by atoms with Gasteiger partial charge in [-0.3, -0.25) is 23.2 Å². The molecule has 1 heterocycles. The zero-order chi connectivity index (χ0) is 42.7. The number of unbranched alkanes of at least 4 members (excludes halogenated alkanes) is 21. The van der Waals surface area contributed by atoms with Gasteiger partial charge < -0.3 is 34.0 Å². The molecule has 4 N–H and O–H groups in total. The van der Waals surface area contributed by atoms with Crippen LogP contribution in [-0.2, 0) is 46.5 Å². The van der Waals surface area contributed by atoms with Crippen molar-refractivity contribution < 1.29 is 66.3 Å². The van der Waals surface area contributed by atoms with Crippen LogP contribution in [-0.4, -0.2) is 82.6 Å². The molecule has 0 saturated carbocycles. The van der Waals surface area contributed by atoms with Crippen molar-refractivity contribution in [1.29, 1.82) is 0 Å². The van der Waals surface area contributed by atoms with Crippen molar-refractivity contribution in [2.75, 3.05) is 26.4 Å². The van der Waals surface area contributed by atoms with Crippen LogP contribution in [0, 0.1) is 0 Å². The van der Waals surface area contributed by atoms with Gasteiger partial charge in [0, 0.05) is 12.8 Å². The van der Waals surface area contributed by atoms with Crippen LogP contribution in [0.4, 0.5) is 0 Å². The lowest BCUT2D eigenvalue weighted by molar-refractivity contribution is -0.161. The second kappa shape index (κ2) is 35.4. The van der Waals surface area contributed by atoms with Crippen LogP contribution in [0.2, 0.25) is 0 Å². The first kappa shape index (κ1) is 54.8. The average molecular weight is 871 g/mol. The second-order valence-corrected chi connectivity index (χ2v) is 18.4. The third-order valence-corrected chi connectivity index (χ3v) is 11.5. The third-order valence-electron chi connectivity index (χ3n) is 10.1. The highest BCUT2D eigenvalue weighted by molar-refractivity contribution is 7.47. The van der Waals surface area contributed by atoms with Crippen molar-refractivity contribution in [3.63, 3.8) is 0 Å². The molecule has 1 fully saturated rings. The highest BCUT2D eigenvalue weighted by atomic mass is 31.2. The number of phosphoric ester groups is 2. The first-order valence-corrected chi connectivity index (χ1v) is 25.5. The van der Waals surface area contributed by atoms with Crippen molar-refractivity contribution in [1.82, 2.24) is 0 Å². The Hall–Kier alpha value is -1.18. The number of rotatable bonds is 42. The molecule has 0 amide bonds. The predicted octanol–water partition coefficient (Wildman–Crippen LogP) is 10.3. The maximum absolute atomic E-state index is 12.7. The van der Waals surface area contributed by atoms with Gasteiger partial charge in [-0.05, 0) is 38.5 Å². The van der Waals surface area contributed by atoms with E-state index in [9.17, 15) is 28.7 Å². The Labute approximate surface area is 349 Å². The summed E-state index contributed by atoms with van der Waals surface area (Å²) in [4.78, 5) is 52.7. The standard InChI is InChI=1S/C42H80O14P2/c1-3-5-7-8-9-10-11-12-13-14-15-16-21-24-28-32-42(45)55-38(36-54-58(49,50)53-34-37(43)33-52-57(46,47)48)35-51-41(44)31-27-23-20-18-17-19-22-26-30-40-39(56-40)29-25-6-4-2/h22,26,37-40,43H,3-21,23-25,27-36H2,1-2H3,(H,49,50)(H2,46,47,48)/b26-22-/t37-,38+,39?,40?/m0/s1. The largest absolute Gasteiger partial charge is 0.472 e. The summed E-state index contributed by atoms with van der Waals surface area (Å²) >= 11 is 0. The maximum atomic E-state index is 12.7. The van der Waals surface area contributed by atoms with Gasteiger partial charge in [-0.25, -0.2) is 9.13 Å². The Kier molecular flexibility index (Phi) is 33.5. The molecule has 0 aromatic heterocycles. The van der Waals surface area contributed by atoms with E-state index in [-0.39, 0.29) is 19.4 Å². The summed E-state index contributed by atoms with van der Waals surface area (Å²) in [6.07, 6.45) is 32.2. The predicted molar refractivity (Wildman–Crippen MR) is 225 cm³/mol. The fourth-order valence-corrected chi connectivity index (χ4v) is 7.69. The summed E-state index contributed by atoms with van der Waals surface area (Å²) < 4.78 is 53.5. The van der Waals surface area contributed by atoms with Crippen molar-refractivity contribution in [3.8, 4) is 0 Å². The SMILES string of the molecule is CCCCCCCCCCCCCCCCCC(=O)O[C@H](COC(=O)CCCCCCC/C=C\CC1OC1CCCCC)COP(=O)(O)OC[C@@H](O)COP(=O)(O)O. The molecule has 0 radical (unpaired) electrons. The van der Waals surface area contributed by atoms with Crippen LogP contribution in [0.3, 0.4) is 0 Å². The second-order valence-electron chi connectivity index (χ2n) is 15.7. The normalized spacial score (nSPS) is 17.6. The number of hydrogen-bond acceptors (Lipinski definition) is 11. The number of hydrogen-bond donors (Lipinski definition) is 4. The van der Waals surface area contributed by atoms with Gasteiger partial charge in [-0.1, -0.05) is 154 Å². The van der Waals surface area contributed by atoms with Crippen LogP contribution in [0.5, 0.6) is 0 Å². The molecule has 0 aliphatic carbocycles. The van der Waals surface area contributed by atoms with Crippen LogP contribution in [0.1, 0.15) is 194 Å². The van der Waals surface area contributed by atoms with Gasteiger partial charge in [-0.15, -0.1) is 0 Å². The van der Waals surface area contributed by atoms with Crippen molar-refractivity contribution in [2.45, 2.75) is 218 Å². The number of allylic oxidation sites excluding steroid dienone is 1. The fraction of sp³-hybridized carbons (Fsp3) is 0.905. The number of phosphoric acid groups is 2. The first-order valence-electron chi connectivity index (χ1n) is 22.5. The van der Waals surface area contributed by atoms with Crippen molar-refractivity contribution >= 4 is 27.6 Å². The van der Waals surface area contributed by atoms with Crippen LogP contribution in [0.25, 0.3) is 0 Å². The minimum absolute atomic E-state index is 0.131. The quantitative estimate of drug-likeness (QED) is 0.0148. The van der Waals surface area contributed by atoms with E-state index in [1.165, 1.54) is 96.3 Å². The summed E-state index contributed by atoms with van der Waals surface area (Å²) in [6, 6.07) is 0. The molecule has 1 rings (SSSR count). The molecule has 0 spiro atoms. The van der Waals surface area contributed by atoms with E-state index in [1.54, 1.807) is 0 Å². The van der Waals surface area contributed by atoms with E-state index in [0.717, 1.165) is 57.8 Å². The molecule has 5 atom stereocenters. The van der Waals surface area contributed by atoms with E-state index < -0.39 is 59.6 Å². The summed E-state index contributed by atoms with van der Waals surface area (Å²) in [6.45, 7) is 1.74. The van der Waals surface area contributed by atoms with Gasteiger partial charge in [0.2, 0.25) is 0 Å². The molecule has 0 bridgehead atoms. The maximum Gasteiger partial charge on any atom is 0.472 e. The summed E-state index contributed by atoms with van der Waals surface area (Å²) in [5, 5.41) is 9.75. The molecular formula is C42H80O14P2. The van der Waals surface area contributed by atoms with E-state index in [2.05, 4.69) is 35.0 Å². The molecule has 58 heavy (non-hydrogen) atoms. The minimum Gasteiger partial charge on any atom is -0.462 e. The van der Waals surface area contributed by atoms with Gasteiger partial charge in [0.1, 0.15) is 12.7 Å². The molecule has 16 heteroatoms. The summed E-state index contributed by atoms with van der Waals surface area (Å²) in [5.74, 6) is -1.04. The van der Waals surface area contributed by atoms with Gasteiger partial charge in [0.15, 0.2) is 6.10 Å². The van der Waals surface area contributed by atoms with Gasteiger partial charge in [0.25, 0.3) is 0 Å². The highest BCUT2D eigenvalue weighted by Gasteiger charge is 2.36. The number of esters is 2. The van der Waals surface area contributed by atoms with Crippen LogP contribution >= 0.6 is 15.6 Å². The lowest BCUT2D eigenvalue weighted by Crippen LogP contribution is -2.30. The summed E-state index contributed by atoms with van der Waals surface area (Å²) in [7, 11) is -9.67. The minimum atomic E-state index is -4.86. The third kappa shape index (κ3) is 35.6. The van der Waals surface area contributed by atoms with Crippen molar-refractivity contribution in [3.05, 3.63) is 12.2 Å².